The lowest BCUT2D eigenvalue weighted by molar-refractivity contribution is 0.0705. The zero-order valence-electron chi connectivity index (χ0n) is 13.3. The standard InChI is InChI=1S/C18H22N4O/c23-18(16-12-20-22-11-2-1-5-17(16)22)21-10-3-4-15(13-21)14-6-8-19-9-7-14/h6-9,12,15H,1-5,10-11,13H2. The van der Waals surface area contributed by atoms with Crippen molar-refractivity contribution in [2.75, 3.05) is 13.1 Å². The van der Waals surface area contributed by atoms with Crippen LogP contribution in [0, 0.1) is 0 Å². The molecule has 4 heterocycles. The van der Waals surface area contributed by atoms with Crippen LogP contribution >= 0.6 is 0 Å². The van der Waals surface area contributed by atoms with E-state index in [1.165, 1.54) is 5.56 Å². The van der Waals surface area contributed by atoms with E-state index in [1.807, 2.05) is 22.0 Å². The summed E-state index contributed by atoms with van der Waals surface area (Å²) in [5.74, 6) is 0.578. The van der Waals surface area contributed by atoms with Crippen LogP contribution in [0.1, 0.15) is 53.2 Å². The molecule has 0 N–H and O–H groups in total. The summed E-state index contributed by atoms with van der Waals surface area (Å²) in [5, 5.41) is 4.41. The van der Waals surface area contributed by atoms with Gasteiger partial charge in [-0.05, 0) is 49.8 Å². The molecule has 0 radical (unpaired) electrons. The van der Waals surface area contributed by atoms with Crippen LogP contribution in [0.2, 0.25) is 0 Å². The molecule has 120 valence electrons. The zero-order chi connectivity index (χ0) is 15.6. The number of fused-ring (bicyclic) bond motifs is 1. The number of hydrogen-bond acceptors (Lipinski definition) is 3. The maximum Gasteiger partial charge on any atom is 0.257 e. The molecule has 0 saturated carbocycles. The van der Waals surface area contributed by atoms with Gasteiger partial charge in [0.25, 0.3) is 5.91 Å². The van der Waals surface area contributed by atoms with Crippen LogP contribution in [0.3, 0.4) is 0 Å². The molecule has 1 unspecified atom stereocenters. The van der Waals surface area contributed by atoms with Crippen molar-refractivity contribution in [3.8, 4) is 0 Å². The number of likely N-dealkylation sites (tertiary alicyclic amines) is 1. The van der Waals surface area contributed by atoms with Gasteiger partial charge in [-0.1, -0.05) is 0 Å². The van der Waals surface area contributed by atoms with Crippen molar-refractivity contribution in [2.45, 2.75) is 44.6 Å². The number of carbonyl (C=O) groups is 1. The second kappa shape index (κ2) is 6.14. The van der Waals surface area contributed by atoms with Crippen molar-refractivity contribution >= 4 is 5.91 Å². The van der Waals surface area contributed by atoms with E-state index in [0.29, 0.717) is 5.92 Å². The van der Waals surface area contributed by atoms with Crippen LogP contribution in [0.4, 0.5) is 0 Å². The van der Waals surface area contributed by atoms with Gasteiger partial charge in [0.1, 0.15) is 0 Å². The Hall–Kier alpha value is -2.17. The Morgan fingerprint density at radius 3 is 2.87 bits per heavy atom. The third-order valence-corrected chi connectivity index (χ3v) is 5.10. The van der Waals surface area contributed by atoms with Gasteiger partial charge < -0.3 is 4.90 Å². The number of aromatic nitrogens is 3. The average molecular weight is 310 g/mol. The summed E-state index contributed by atoms with van der Waals surface area (Å²) >= 11 is 0. The van der Waals surface area contributed by atoms with Crippen LogP contribution in [-0.4, -0.2) is 38.7 Å². The molecule has 2 aliphatic rings. The van der Waals surface area contributed by atoms with Crippen LogP contribution in [0.5, 0.6) is 0 Å². The van der Waals surface area contributed by atoms with Gasteiger partial charge in [-0.2, -0.15) is 5.10 Å². The van der Waals surface area contributed by atoms with E-state index in [9.17, 15) is 4.79 Å². The number of nitrogens with zero attached hydrogens (tertiary/aromatic N) is 4. The molecular weight excluding hydrogens is 288 g/mol. The quantitative estimate of drug-likeness (QED) is 0.857. The van der Waals surface area contributed by atoms with Gasteiger partial charge in [-0.3, -0.25) is 14.5 Å². The summed E-state index contributed by atoms with van der Waals surface area (Å²) in [6.07, 6.45) is 10.9. The Labute approximate surface area is 136 Å². The summed E-state index contributed by atoms with van der Waals surface area (Å²) < 4.78 is 2.01. The molecule has 1 fully saturated rings. The summed E-state index contributed by atoms with van der Waals surface area (Å²) in [6, 6.07) is 4.14. The van der Waals surface area contributed by atoms with Gasteiger partial charge in [0.15, 0.2) is 0 Å². The molecular formula is C18H22N4O. The molecule has 0 aromatic carbocycles. The number of hydrogen-bond donors (Lipinski definition) is 0. The first-order chi connectivity index (χ1) is 11.3. The lowest BCUT2D eigenvalue weighted by atomic mass is 9.91. The first kappa shape index (κ1) is 14.4. The summed E-state index contributed by atoms with van der Waals surface area (Å²) in [6.45, 7) is 2.60. The fourth-order valence-corrected chi connectivity index (χ4v) is 3.84. The number of pyridine rings is 1. The van der Waals surface area contributed by atoms with Gasteiger partial charge in [0.2, 0.25) is 0 Å². The number of carbonyl (C=O) groups excluding carboxylic acids is 1. The van der Waals surface area contributed by atoms with Crippen molar-refractivity contribution in [1.82, 2.24) is 19.7 Å². The van der Waals surface area contributed by atoms with E-state index in [-0.39, 0.29) is 5.91 Å². The van der Waals surface area contributed by atoms with E-state index < -0.39 is 0 Å². The molecule has 2 aromatic heterocycles. The fraction of sp³-hybridized carbons (Fsp3) is 0.500. The molecule has 2 aromatic rings. The fourth-order valence-electron chi connectivity index (χ4n) is 3.84. The third kappa shape index (κ3) is 2.76. The van der Waals surface area contributed by atoms with Crippen molar-refractivity contribution in [3.63, 3.8) is 0 Å². The van der Waals surface area contributed by atoms with E-state index >= 15 is 0 Å². The van der Waals surface area contributed by atoms with Gasteiger partial charge >= 0.3 is 0 Å². The highest BCUT2D eigenvalue weighted by Gasteiger charge is 2.28. The van der Waals surface area contributed by atoms with Gasteiger partial charge in [0, 0.05) is 37.9 Å². The Morgan fingerprint density at radius 2 is 2.00 bits per heavy atom. The van der Waals surface area contributed by atoms with E-state index in [4.69, 9.17) is 0 Å². The summed E-state index contributed by atoms with van der Waals surface area (Å²) in [4.78, 5) is 19.1. The maximum atomic E-state index is 13.0. The van der Waals surface area contributed by atoms with E-state index in [2.05, 4.69) is 22.2 Å². The predicted octanol–water partition coefficient (Wildman–Crippen LogP) is 2.63. The highest BCUT2D eigenvalue weighted by atomic mass is 16.2. The van der Waals surface area contributed by atoms with Crippen molar-refractivity contribution in [3.05, 3.63) is 47.5 Å². The molecule has 4 rings (SSSR count). The molecule has 0 aliphatic carbocycles. The first-order valence-electron chi connectivity index (χ1n) is 8.57. The normalized spacial score (nSPS) is 21.0. The Balaban J connectivity index is 1.53. The first-order valence-corrected chi connectivity index (χ1v) is 8.57. The zero-order valence-corrected chi connectivity index (χ0v) is 13.3. The topological polar surface area (TPSA) is 51.0 Å². The lowest BCUT2D eigenvalue weighted by Crippen LogP contribution is -2.39. The number of piperidine rings is 1. The molecule has 1 saturated heterocycles. The second-order valence-corrected chi connectivity index (χ2v) is 6.56. The Morgan fingerprint density at radius 1 is 1.13 bits per heavy atom. The van der Waals surface area contributed by atoms with Crippen molar-refractivity contribution in [1.29, 1.82) is 0 Å². The van der Waals surface area contributed by atoms with Gasteiger partial charge in [0.05, 0.1) is 17.5 Å². The highest BCUT2D eigenvalue weighted by molar-refractivity contribution is 5.95. The Bertz CT molecular complexity index is 694. The van der Waals surface area contributed by atoms with Crippen LogP contribution in [0.15, 0.2) is 30.7 Å². The van der Waals surface area contributed by atoms with Crippen LogP contribution in [0.25, 0.3) is 0 Å². The molecule has 1 atom stereocenters. The SMILES string of the molecule is O=C(c1cnn2c1CCCC2)N1CCCC(c2ccncc2)C1. The van der Waals surface area contributed by atoms with Gasteiger partial charge in [-0.15, -0.1) is 0 Å². The minimum atomic E-state index is 0.159. The molecule has 2 aliphatic heterocycles. The van der Waals surface area contributed by atoms with E-state index in [1.54, 1.807) is 6.20 Å². The molecule has 5 heteroatoms. The molecule has 5 nitrogen and oxygen atoms in total. The molecule has 0 bridgehead atoms. The van der Waals surface area contributed by atoms with Crippen LogP contribution < -0.4 is 0 Å². The maximum absolute atomic E-state index is 13.0. The molecule has 0 spiro atoms. The second-order valence-electron chi connectivity index (χ2n) is 6.56. The number of amides is 1. The van der Waals surface area contributed by atoms with Crippen molar-refractivity contribution in [2.24, 2.45) is 0 Å². The van der Waals surface area contributed by atoms with Crippen LogP contribution in [-0.2, 0) is 13.0 Å². The lowest BCUT2D eigenvalue weighted by Gasteiger charge is -2.33. The average Bonchev–Trinajstić information content (AvgIpc) is 3.06. The minimum absolute atomic E-state index is 0.159. The molecule has 23 heavy (non-hydrogen) atoms. The third-order valence-electron chi connectivity index (χ3n) is 5.10. The number of aryl methyl sites for hydroxylation is 1. The monoisotopic (exact) mass is 310 g/mol. The smallest absolute Gasteiger partial charge is 0.257 e. The molecule has 1 amide bonds. The number of rotatable bonds is 2. The highest BCUT2D eigenvalue weighted by Crippen LogP contribution is 2.28. The largest absolute Gasteiger partial charge is 0.338 e. The minimum Gasteiger partial charge on any atom is -0.338 e. The van der Waals surface area contributed by atoms with Crippen molar-refractivity contribution < 1.29 is 4.79 Å². The predicted molar refractivity (Wildman–Crippen MR) is 87.3 cm³/mol. The summed E-state index contributed by atoms with van der Waals surface area (Å²) in [5.41, 5.74) is 3.24. The van der Waals surface area contributed by atoms with E-state index in [0.717, 1.165) is 63.0 Å². The summed E-state index contributed by atoms with van der Waals surface area (Å²) in [7, 11) is 0. The Kier molecular flexibility index (Phi) is 3.85. The van der Waals surface area contributed by atoms with Gasteiger partial charge in [-0.25, -0.2) is 0 Å².